The largest absolute Gasteiger partial charge is 0.301 e. The fourth-order valence-electron chi connectivity index (χ4n) is 2.85. The summed E-state index contributed by atoms with van der Waals surface area (Å²) < 4.78 is 0. The Morgan fingerprint density at radius 2 is 2.28 bits per heavy atom. The predicted octanol–water partition coefficient (Wildman–Crippen LogP) is 3.81. The summed E-state index contributed by atoms with van der Waals surface area (Å²) in [5.74, 6) is 0.603. The Balaban J connectivity index is 2.13. The molecular formula is C15H21ClN2. The maximum Gasteiger partial charge on any atom is 0.0453 e. The number of hydrogen-bond donors (Lipinski definition) is 0. The van der Waals surface area contributed by atoms with Gasteiger partial charge in [0.15, 0.2) is 0 Å². The lowest BCUT2D eigenvalue weighted by molar-refractivity contribution is 0.236. The number of benzene rings is 1. The Labute approximate surface area is 115 Å². The van der Waals surface area contributed by atoms with Gasteiger partial charge in [-0.2, -0.15) is 0 Å². The molecule has 0 bridgehead atoms. The van der Waals surface area contributed by atoms with Gasteiger partial charge in [0.2, 0.25) is 0 Å². The lowest BCUT2D eigenvalue weighted by Crippen LogP contribution is -2.26. The van der Waals surface area contributed by atoms with E-state index >= 15 is 0 Å². The Morgan fingerprint density at radius 1 is 1.50 bits per heavy atom. The summed E-state index contributed by atoms with van der Waals surface area (Å²) in [5.41, 5.74) is 1.26. The van der Waals surface area contributed by atoms with Crippen LogP contribution in [-0.4, -0.2) is 31.3 Å². The molecule has 1 aliphatic rings. The summed E-state index contributed by atoms with van der Waals surface area (Å²) in [6, 6.07) is 8.65. The molecule has 2 nitrogen and oxygen atoms in total. The van der Waals surface area contributed by atoms with Gasteiger partial charge in [-0.3, -0.25) is 4.90 Å². The van der Waals surface area contributed by atoms with Crippen molar-refractivity contribution in [3.63, 3.8) is 0 Å². The highest BCUT2D eigenvalue weighted by molar-refractivity contribution is 6.31. The van der Waals surface area contributed by atoms with Crippen LogP contribution >= 0.6 is 11.6 Å². The highest BCUT2D eigenvalue weighted by Crippen LogP contribution is 2.33. The quantitative estimate of drug-likeness (QED) is 0.755. The molecule has 98 valence electrons. The first-order valence-corrected chi connectivity index (χ1v) is 7.04. The molecule has 1 unspecified atom stereocenters. The minimum atomic E-state index is 0.439. The second kappa shape index (κ2) is 6.35. The molecule has 1 fully saturated rings. The van der Waals surface area contributed by atoms with Crippen LogP contribution in [0.4, 0.5) is 0 Å². The molecule has 1 heterocycles. The second-order valence-corrected chi connectivity index (χ2v) is 5.30. The molecule has 1 aliphatic heterocycles. The van der Waals surface area contributed by atoms with Gasteiger partial charge in [-0.1, -0.05) is 36.7 Å². The van der Waals surface area contributed by atoms with Crippen LogP contribution in [0.1, 0.15) is 31.4 Å². The van der Waals surface area contributed by atoms with E-state index in [1.165, 1.54) is 12.0 Å². The van der Waals surface area contributed by atoms with Gasteiger partial charge in [0.1, 0.15) is 0 Å². The normalized spacial score (nSPS) is 22.7. The zero-order valence-electron chi connectivity index (χ0n) is 11.1. The first-order valence-electron chi connectivity index (χ1n) is 6.67. The van der Waals surface area contributed by atoms with Crippen molar-refractivity contribution in [2.24, 2.45) is 10.9 Å². The predicted molar refractivity (Wildman–Crippen MR) is 78.6 cm³/mol. The number of hydrogen-bond acceptors (Lipinski definition) is 2. The SMILES string of the molecule is CC[C@@H](c1ccccc1Cl)N1CCC(/C=N\C)C1. The molecule has 18 heavy (non-hydrogen) atoms. The lowest BCUT2D eigenvalue weighted by atomic mass is 10.0. The van der Waals surface area contributed by atoms with E-state index < -0.39 is 0 Å². The van der Waals surface area contributed by atoms with Crippen molar-refractivity contribution in [3.05, 3.63) is 34.9 Å². The number of rotatable bonds is 4. The smallest absolute Gasteiger partial charge is 0.0453 e. The fourth-order valence-corrected chi connectivity index (χ4v) is 3.11. The summed E-state index contributed by atoms with van der Waals surface area (Å²) >= 11 is 6.32. The van der Waals surface area contributed by atoms with Gasteiger partial charge in [0, 0.05) is 36.8 Å². The molecule has 0 radical (unpaired) electrons. The van der Waals surface area contributed by atoms with Crippen LogP contribution < -0.4 is 0 Å². The van der Waals surface area contributed by atoms with Crippen LogP contribution in [0.15, 0.2) is 29.3 Å². The Bertz CT molecular complexity index is 417. The molecule has 1 aromatic carbocycles. The van der Waals surface area contributed by atoms with Gasteiger partial charge in [0.05, 0.1) is 0 Å². The van der Waals surface area contributed by atoms with Crippen LogP contribution in [0.2, 0.25) is 5.02 Å². The fraction of sp³-hybridized carbons (Fsp3) is 0.533. The minimum Gasteiger partial charge on any atom is -0.301 e. The van der Waals surface area contributed by atoms with E-state index in [-0.39, 0.29) is 0 Å². The van der Waals surface area contributed by atoms with Crippen LogP contribution in [-0.2, 0) is 0 Å². The molecule has 0 aromatic heterocycles. The number of halogens is 1. The van der Waals surface area contributed by atoms with Crippen molar-refractivity contribution in [1.29, 1.82) is 0 Å². The van der Waals surface area contributed by atoms with Crippen LogP contribution in [0.5, 0.6) is 0 Å². The maximum atomic E-state index is 6.32. The highest BCUT2D eigenvalue weighted by atomic mass is 35.5. The molecular weight excluding hydrogens is 244 g/mol. The third kappa shape index (κ3) is 2.93. The maximum absolute atomic E-state index is 6.32. The molecule has 0 amide bonds. The van der Waals surface area contributed by atoms with Gasteiger partial charge >= 0.3 is 0 Å². The van der Waals surface area contributed by atoms with Crippen LogP contribution in [0.25, 0.3) is 0 Å². The molecule has 0 saturated carbocycles. The highest BCUT2D eigenvalue weighted by Gasteiger charge is 2.28. The Hall–Kier alpha value is -0.860. The van der Waals surface area contributed by atoms with E-state index in [4.69, 9.17) is 11.6 Å². The van der Waals surface area contributed by atoms with Gasteiger partial charge in [-0.15, -0.1) is 0 Å². The summed E-state index contributed by atoms with van der Waals surface area (Å²) in [6.45, 7) is 4.47. The molecule has 1 saturated heterocycles. The number of likely N-dealkylation sites (tertiary alicyclic amines) is 1. The molecule has 0 N–H and O–H groups in total. The third-order valence-electron chi connectivity index (χ3n) is 3.71. The van der Waals surface area contributed by atoms with Gasteiger partial charge in [0.25, 0.3) is 0 Å². The topological polar surface area (TPSA) is 15.6 Å². The third-order valence-corrected chi connectivity index (χ3v) is 4.05. The molecule has 0 aliphatic carbocycles. The van der Waals surface area contributed by atoms with Crippen LogP contribution in [0, 0.1) is 5.92 Å². The summed E-state index contributed by atoms with van der Waals surface area (Å²) in [4.78, 5) is 6.69. The standard InChI is InChI=1S/C15H21ClN2/c1-3-15(13-6-4-5-7-14(13)16)18-9-8-12(11-18)10-17-2/h4-7,10,12,15H,3,8-9,11H2,1-2H3/b17-10-/t12?,15-/m0/s1. The van der Waals surface area contributed by atoms with E-state index in [9.17, 15) is 0 Å². The summed E-state index contributed by atoms with van der Waals surface area (Å²) in [7, 11) is 1.86. The van der Waals surface area contributed by atoms with Crippen molar-refractivity contribution < 1.29 is 0 Å². The van der Waals surface area contributed by atoms with E-state index in [1.807, 2.05) is 19.2 Å². The van der Waals surface area contributed by atoms with Crippen molar-refractivity contribution in [2.75, 3.05) is 20.1 Å². The molecule has 1 aromatic rings. The first kappa shape index (κ1) is 13.6. The van der Waals surface area contributed by atoms with Gasteiger partial charge in [-0.05, 0) is 31.0 Å². The average Bonchev–Trinajstić information content (AvgIpc) is 2.82. The number of aliphatic imine (C=N–C) groups is 1. The van der Waals surface area contributed by atoms with Gasteiger partial charge in [-0.25, -0.2) is 0 Å². The molecule has 0 spiro atoms. The average molecular weight is 265 g/mol. The minimum absolute atomic E-state index is 0.439. The van der Waals surface area contributed by atoms with Crippen molar-refractivity contribution in [3.8, 4) is 0 Å². The van der Waals surface area contributed by atoms with Crippen molar-refractivity contribution in [1.82, 2.24) is 4.90 Å². The molecule has 2 atom stereocenters. The number of nitrogens with zero attached hydrogens (tertiary/aromatic N) is 2. The van der Waals surface area contributed by atoms with Gasteiger partial charge < -0.3 is 4.99 Å². The van der Waals surface area contributed by atoms with E-state index in [2.05, 4.69) is 35.2 Å². The van der Waals surface area contributed by atoms with Crippen molar-refractivity contribution in [2.45, 2.75) is 25.8 Å². The van der Waals surface area contributed by atoms with E-state index in [1.54, 1.807) is 0 Å². The van der Waals surface area contributed by atoms with E-state index in [0.29, 0.717) is 12.0 Å². The Kier molecular flexibility index (Phi) is 4.79. The zero-order valence-corrected chi connectivity index (χ0v) is 11.9. The molecule has 2 rings (SSSR count). The van der Waals surface area contributed by atoms with E-state index in [0.717, 1.165) is 24.5 Å². The first-order chi connectivity index (χ1) is 8.76. The lowest BCUT2D eigenvalue weighted by Gasteiger charge is -2.27. The monoisotopic (exact) mass is 264 g/mol. The molecule has 3 heteroatoms. The van der Waals surface area contributed by atoms with Crippen molar-refractivity contribution >= 4 is 17.8 Å². The Morgan fingerprint density at radius 3 is 2.94 bits per heavy atom. The summed E-state index contributed by atoms with van der Waals surface area (Å²) in [5, 5.41) is 0.886. The van der Waals surface area contributed by atoms with Crippen LogP contribution in [0.3, 0.4) is 0 Å². The summed E-state index contributed by atoms with van der Waals surface area (Å²) in [6.07, 6.45) is 4.39. The second-order valence-electron chi connectivity index (χ2n) is 4.90. The zero-order chi connectivity index (χ0) is 13.0.